The molecule has 0 spiro atoms. The van der Waals surface area contributed by atoms with Crippen LogP contribution in [-0.2, 0) is 29.0 Å². The third kappa shape index (κ3) is 2.48. The molecule has 23 heavy (non-hydrogen) atoms. The second kappa shape index (κ2) is 5.69. The SMILES string of the molecule is CC(=O)OCc1cc2c3c(ccc2c2ccccc12)CCCC3. The van der Waals surface area contributed by atoms with Crippen LogP contribution < -0.4 is 0 Å². The van der Waals surface area contributed by atoms with Crippen molar-refractivity contribution in [3.8, 4) is 0 Å². The number of aryl methyl sites for hydroxylation is 2. The third-order valence-corrected chi connectivity index (χ3v) is 4.89. The van der Waals surface area contributed by atoms with E-state index in [1.807, 2.05) is 6.07 Å². The molecule has 1 aliphatic rings. The highest BCUT2D eigenvalue weighted by Gasteiger charge is 2.15. The molecule has 0 unspecified atom stereocenters. The van der Waals surface area contributed by atoms with Gasteiger partial charge in [0.15, 0.2) is 0 Å². The summed E-state index contributed by atoms with van der Waals surface area (Å²) >= 11 is 0. The van der Waals surface area contributed by atoms with Gasteiger partial charge in [-0.1, -0.05) is 36.4 Å². The van der Waals surface area contributed by atoms with Crippen molar-refractivity contribution >= 4 is 27.5 Å². The van der Waals surface area contributed by atoms with Crippen molar-refractivity contribution in [2.24, 2.45) is 0 Å². The van der Waals surface area contributed by atoms with E-state index in [4.69, 9.17) is 4.74 Å². The Morgan fingerprint density at radius 1 is 0.957 bits per heavy atom. The summed E-state index contributed by atoms with van der Waals surface area (Å²) in [5, 5.41) is 5.08. The lowest BCUT2D eigenvalue weighted by molar-refractivity contribution is -0.142. The van der Waals surface area contributed by atoms with Crippen molar-refractivity contribution in [2.45, 2.75) is 39.2 Å². The molecule has 0 bridgehead atoms. The lowest BCUT2D eigenvalue weighted by Gasteiger charge is -2.20. The maximum atomic E-state index is 11.2. The first-order valence-corrected chi connectivity index (χ1v) is 8.32. The van der Waals surface area contributed by atoms with E-state index < -0.39 is 0 Å². The van der Waals surface area contributed by atoms with Crippen LogP contribution >= 0.6 is 0 Å². The van der Waals surface area contributed by atoms with Crippen molar-refractivity contribution in [1.29, 1.82) is 0 Å². The first-order chi connectivity index (χ1) is 11.2. The number of benzene rings is 3. The molecule has 0 radical (unpaired) electrons. The Kier molecular flexibility index (Phi) is 3.53. The van der Waals surface area contributed by atoms with E-state index >= 15 is 0 Å². The van der Waals surface area contributed by atoms with Gasteiger partial charge < -0.3 is 4.74 Å². The lowest BCUT2D eigenvalue weighted by Crippen LogP contribution is -2.04. The van der Waals surface area contributed by atoms with Crippen LogP contribution in [-0.4, -0.2) is 5.97 Å². The van der Waals surface area contributed by atoms with Crippen molar-refractivity contribution in [3.63, 3.8) is 0 Å². The summed E-state index contributed by atoms with van der Waals surface area (Å²) in [6.07, 6.45) is 4.88. The van der Waals surface area contributed by atoms with Crippen molar-refractivity contribution in [3.05, 3.63) is 59.2 Å². The Bertz CT molecular complexity index is 908. The fourth-order valence-electron chi connectivity index (χ4n) is 3.81. The van der Waals surface area contributed by atoms with Crippen LogP contribution in [0, 0.1) is 0 Å². The minimum absolute atomic E-state index is 0.232. The molecule has 3 aromatic rings. The van der Waals surface area contributed by atoms with Crippen molar-refractivity contribution in [1.82, 2.24) is 0 Å². The number of hydrogen-bond acceptors (Lipinski definition) is 2. The van der Waals surface area contributed by atoms with E-state index in [0.29, 0.717) is 6.61 Å². The largest absolute Gasteiger partial charge is 0.461 e. The van der Waals surface area contributed by atoms with Crippen LogP contribution in [0.25, 0.3) is 21.5 Å². The monoisotopic (exact) mass is 304 g/mol. The molecule has 1 aliphatic carbocycles. The molecule has 0 aliphatic heterocycles. The van der Waals surface area contributed by atoms with Gasteiger partial charge in [0.05, 0.1) is 0 Å². The molecule has 0 saturated heterocycles. The van der Waals surface area contributed by atoms with E-state index in [9.17, 15) is 4.79 Å². The van der Waals surface area contributed by atoms with E-state index in [2.05, 4.69) is 36.4 Å². The van der Waals surface area contributed by atoms with Crippen LogP contribution in [0.3, 0.4) is 0 Å². The highest BCUT2D eigenvalue weighted by Crippen LogP contribution is 2.35. The molecule has 3 aromatic carbocycles. The van der Waals surface area contributed by atoms with Gasteiger partial charge in [-0.3, -0.25) is 4.79 Å². The van der Waals surface area contributed by atoms with Crippen molar-refractivity contribution in [2.75, 3.05) is 0 Å². The average Bonchev–Trinajstić information content (AvgIpc) is 2.59. The topological polar surface area (TPSA) is 26.3 Å². The van der Waals surface area contributed by atoms with Crippen molar-refractivity contribution < 1.29 is 9.53 Å². The van der Waals surface area contributed by atoms with Gasteiger partial charge in [0, 0.05) is 6.92 Å². The van der Waals surface area contributed by atoms with Gasteiger partial charge in [0.25, 0.3) is 0 Å². The Labute approximate surface area is 136 Å². The molecular weight excluding hydrogens is 284 g/mol. The molecule has 2 heteroatoms. The molecule has 0 amide bonds. The second-order valence-electron chi connectivity index (χ2n) is 6.37. The smallest absolute Gasteiger partial charge is 0.302 e. The summed E-state index contributed by atoms with van der Waals surface area (Å²) in [6.45, 7) is 1.81. The quantitative estimate of drug-likeness (QED) is 0.495. The third-order valence-electron chi connectivity index (χ3n) is 4.89. The molecule has 2 nitrogen and oxygen atoms in total. The Balaban J connectivity index is 2.00. The van der Waals surface area contributed by atoms with Gasteiger partial charge in [-0.25, -0.2) is 0 Å². The first-order valence-electron chi connectivity index (χ1n) is 8.32. The average molecular weight is 304 g/mol. The van der Waals surface area contributed by atoms with Gasteiger partial charge in [-0.15, -0.1) is 0 Å². The van der Waals surface area contributed by atoms with Gasteiger partial charge in [0.1, 0.15) is 6.61 Å². The molecule has 0 saturated carbocycles. The predicted molar refractivity (Wildman–Crippen MR) is 93.6 cm³/mol. The standard InChI is InChI=1S/C21H20O2/c1-14(22)23-13-16-12-21-17-7-3-2-6-15(17)10-11-20(21)19-9-5-4-8-18(16)19/h4-5,8-12H,2-3,6-7,13H2,1H3. The fourth-order valence-corrected chi connectivity index (χ4v) is 3.81. The van der Waals surface area contributed by atoms with E-state index in [-0.39, 0.29) is 5.97 Å². The first kappa shape index (κ1) is 14.3. The van der Waals surface area contributed by atoms with E-state index in [1.54, 1.807) is 0 Å². The van der Waals surface area contributed by atoms with Crippen LogP contribution in [0.4, 0.5) is 0 Å². The predicted octanol–water partition coefficient (Wildman–Crippen LogP) is 4.93. The summed E-state index contributed by atoms with van der Waals surface area (Å²) in [5.74, 6) is -0.232. The highest BCUT2D eigenvalue weighted by atomic mass is 16.5. The minimum Gasteiger partial charge on any atom is -0.461 e. The number of carbonyl (C=O) groups is 1. The zero-order valence-corrected chi connectivity index (χ0v) is 13.4. The molecular formula is C21H20O2. The molecule has 4 rings (SSSR count). The number of fused-ring (bicyclic) bond motifs is 5. The van der Waals surface area contributed by atoms with E-state index in [0.717, 1.165) is 12.0 Å². The summed E-state index contributed by atoms with van der Waals surface area (Å²) in [5.41, 5.74) is 4.07. The number of esters is 1. The molecule has 0 fully saturated rings. The maximum Gasteiger partial charge on any atom is 0.302 e. The van der Waals surface area contributed by atoms with Gasteiger partial charge in [-0.05, 0) is 70.0 Å². The molecule has 0 aromatic heterocycles. The number of hydrogen-bond donors (Lipinski definition) is 0. The fraction of sp³-hybridized carbons (Fsp3) is 0.286. The van der Waals surface area contributed by atoms with E-state index in [1.165, 1.54) is 58.9 Å². The molecule has 0 N–H and O–H groups in total. The van der Waals surface area contributed by atoms with Gasteiger partial charge in [0.2, 0.25) is 0 Å². The lowest BCUT2D eigenvalue weighted by atomic mass is 9.85. The summed E-state index contributed by atoms with van der Waals surface area (Å²) in [7, 11) is 0. The zero-order chi connectivity index (χ0) is 15.8. The minimum atomic E-state index is -0.232. The zero-order valence-electron chi connectivity index (χ0n) is 13.4. The highest BCUT2D eigenvalue weighted by molar-refractivity contribution is 6.10. The van der Waals surface area contributed by atoms with Gasteiger partial charge >= 0.3 is 5.97 Å². The second-order valence-corrected chi connectivity index (χ2v) is 6.37. The summed E-state index contributed by atoms with van der Waals surface area (Å²) in [4.78, 5) is 11.2. The molecule has 0 atom stereocenters. The van der Waals surface area contributed by atoms with Crippen LogP contribution in [0.2, 0.25) is 0 Å². The van der Waals surface area contributed by atoms with Crippen LogP contribution in [0.1, 0.15) is 36.5 Å². The molecule has 116 valence electrons. The normalized spacial score (nSPS) is 14.0. The van der Waals surface area contributed by atoms with Crippen LogP contribution in [0.5, 0.6) is 0 Å². The summed E-state index contributed by atoms with van der Waals surface area (Å²) in [6, 6.07) is 15.2. The Morgan fingerprint density at radius 3 is 2.52 bits per heavy atom. The van der Waals surface area contributed by atoms with Crippen LogP contribution in [0.15, 0.2) is 42.5 Å². The Morgan fingerprint density at radius 2 is 1.70 bits per heavy atom. The molecule has 0 heterocycles. The van der Waals surface area contributed by atoms with Gasteiger partial charge in [-0.2, -0.15) is 0 Å². The number of carbonyl (C=O) groups excluding carboxylic acids is 1. The number of ether oxygens (including phenoxy) is 1. The number of rotatable bonds is 2. The Hall–Kier alpha value is -2.35. The maximum absolute atomic E-state index is 11.2. The summed E-state index contributed by atoms with van der Waals surface area (Å²) < 4.78 is 5.29.